The molecule has 0 unspecified atom stereocenters. The summed E-state index contributed by atoms with van der Waals surface area (Å²) in [5.41, 5.74) is 0. The molecule has 0 spiro atoms. The van der Waals surface area contributed by atoms with Crippen LogP contribution < -0.4 is 10.8 Å². The van der Waals surface area contributed by atoms with E-state index in [1.54, 1.807) is 0 Å². The summed E-state index contributed by atoms with van der Waals surface area (Å²) in [6, 6.07) is 0. The summed E-state index contributed by atoms with van der Waals surface area (Å²) >= 11 is 0. The minimum atomic E-state index is -2.85. The van der Waals surface area contributed by atoms with E-state index >= 15 is 0 Å². The average Bonchev–Trinajstić information content (AvgIpc) is 1.43. The van der Waals surface area contributed by atoms with Gasteiger partial charge in [0, 0.05) is 0 Å². The van der Waals surface area contributed by atoms with Crippen molar-refractivity contribution in [1.29, 1.82) is 0 Å². The Kier molecular flexibility index (Phi) is 4.08. The SMILES string of the molecule is C[Si](C)(C)O[Si](N)(N)O[Si](C)(C)C. The molecule has 0 saturated heterocycles. The first-order valence-electron chi connectivity index (χ1n) is 4.39. The van der Waals surface area contributed by atoms with E-state index < -0.39 is 25.5 Å². The van der Waals surface area contributed by atoms with Crippen LogP contribution in [0.25, 0.3) is 0 Å². The van der Waals surface area contributed by atoms with Gasteiger partial charge in [0.15, 0.2) is 16.6 Å². The molecule has 0 fully saturated rings. The van der Waals surface area contributed by atoms with E-state index in [9.17, 15) is 0 Å². The van der Waals surface area contributed by atoms with Crippen molar-refractivity contribution in [2.75, 3.05) is 0 Å². The van der Waals surface area contributed by atoms with Crippen LogP contribution in [0.15, 0.2) is 0 Å². The Morgan fingerprint density at radius 1 is 0.692 bits per heavy atom. The standard InChI is InChI=1S/C6H22N2O2Si3/c1-11(2,3)9-13(7,8)10-12(4,5)6/h7-8H2,1-6H3. The first-order valence-corrected chi connectivity index (χ1v) is 13.2. The molecule has 0 aromatic heterocycles. The third-order valence-electron chi connectivity index (χ3n) is 0.931. The fraction of sp³-hybridized carbons (Fsp3) is 1.00. The lowest BCUT2D eigenvalue weighted by Crippen LogP contribution is -2.68. The molecule has 4 nitrogen and oxygen atoms in total. The lowest BCUT2D eigenvalue weighted by molar-refractivity contribution is 0.379. The second-order valence-corrected chi connectivity index (χ2v) is 16.7. The van der Waals surface area contributed by atoms with Crippen LogP contribution in [0.5, 0.6) is 0 Å². The van der Waals surface area contributed by atoms with E-state index in [0.29, 0.717) is 0 Å². The van der Waals surface area contributed by atoms with Crippen LogP contribution in [-0.2, 0) is 8.23 Å². The highest BCUT2D eigenvalue weighted by molar-refractivity contribution is 6.85. The van der Waals surface area contributed by atoms with Crippen LogP contribution in [0.3, 0.4) is 0 Å². The lowest BCUT2D eigenvalue weighted by Gasteiger charge is -2.33. The average molecular weight is 239 g/mol. The minimum Gasteiger partial charge on any atom is -0.414 e. The smallest absolute Gasteiger partial charge is 0.414 e. The van der Waals surface area contributed by atoms with E-state index in [-0.39, 0.29) is 0 Å². The van der Waals surface area contributed by atoms with E-state index in [4.69, 9.17) is 19.0 Å². The number of nitrogens with two attached hydrogens (primary N) is 2. The molecular weight excluding hydrogens is 216 g/mol. The van der Waals surface area contributed by atoms with Gasteiger partial charge in [0.25, 0.3) is 0 Å². The van der Waals surface area contributed by atoms with Gasteiger partial charge in [-0.25, -0.2) is 0 Å². The Morgan fingerprint density at radius 3 is 1.08 bits per heavy atom. The molecule has 0 radical (unpaired) electrons. The molecule has 0 aliphatic carbocycles. The van der Waals surface area contributed by atoms with Gasteiger partial charge in [-0.2, -0.15) is 0 Å². The van der Waals surface area contributed by atoms with E-state index in [1.807, 2.05) is 0 Å². The van der Waals surface area contributed by atoms with Crippen molar-refractivity contribution in [3.05, 3.63) is 0 Å². The summed E-state index contributed by atoms with van der Waals surface area (Å²) in [5, 5.41) is 11.7. The third-order valence-corrected chi connectivity index (χ3v) is 8.38. The van der Waals surface area contributed by atoms with Crippen molar-refractivity contribution in [3.63, 3.8) is 0 Å². The zero-order valence-electron chi connectivity index (χ0n) is 9.47. The molecule has 0 aromatic rings. The van der Waals surface area contributed by atoms with Crippen LogP contribution in [0, 0.1) is 0 Å². The largest absolute Gasteiger partial charge is 0.490 e. The second-order valence-electron chi connectivity index (χ2n) is 5.15. The predicted octanol–water partition coefficient (Wildman–Crippen LogP) is 1.04. The van der Waals surface area contributed by atoms with Crippen molar-refractivity contribution >= 4 is 25.5 Å². The predicted molar refractivity (Wildman–Crippen MR) is 63.0 cm³/mol. The maximum absolute atomic E-state index is 5.83. The molecule has 0 aromatic carbocycles. The van der Waals surface area contributed by atoms with Crippen LogP contribution in [0.4, 0.5) is 0 Å². The highest BCUT2D eigenvalue weighted by atomic mass is 28.5. The monoisotopic (exact) mass is 238 g/mol. The normalized spacial score (nSPS) is 14.8. The first kappa shape index (κ1) is 13.5. The summed E-state index contributed by atoms with van der Waals surface area (Å²) in [6.07, 6.45) is 0. The zero-order valence-corrected chi connectivity index (χ0v) is 12.5. The fourth-order valence-corrected chi connectivity index (χ4v) is 9.18. The molecule has 13 heavy (non-hydrogen) atoms. The Labute approximate surface area is 84.3 Å². The molecule has 4 N–H and O–H groups in total. The van der Waals surface area contributed by atoms with Crippen LogP contribution in [-0.4, -0.2) is 25.5 Å². The summed E-state index contributed by atoms with van der Waals surface area (Å²) < 4.78 is 11.3. The maximum atomic E-state index is 5.83. The van der Waals surface area contributed by atoms with Gasteiger partial charge in [-0.15, -0.1) is 0 Å². The van der Waals surface area contributed by atoms with Gasteiger partial charge < -0.3 is 8.23 Å². The van der Waals surface area contributed by atoms with Crippen molar-refractivity contribution in [2.24, 2.45) is 10.8 Å². The highest BCUT2D eigenvalue weighted by Gasteiger charge is 2.38. The molecule has 0 bridgehead atoms. The molecule has 0 amide bonds. The quantitative estimate of drug-likeness (QED) is 0.718. The third kappa shape index (κ3) is 8.81. The Balaban J connectivity index is 4.25. The summed E-state index contributed by atoms with van der Waals surface area (Å²) in [7, 11) is -6.22. The summed E-state index contributed by atoms with van der Waals surface area (Å²) in [5.74, 6) is 0. The molecule has 80 valence electrons. The molecule has 0 aliphatic rings. The molecule has 0 saturated carbocycles. The summed E-state index contributed by atoms with van der Waals surface area (Å²) in [4.78, 5) is 0. The molecule has 0 heterocycles. The van der Waals surface area contributed by atoms with Crippen LogP contribution in [0.2, 0.25) is 39.3 Å². The Morgan fingerprint density at radius 2 is 0.923 bits per heavy atom. The first-order chi connectivity index (χ1) is 5.41. The summed E-state index contributed by atoms with van der Waals surface area (Å²) in [6.45, 7) is 12.3. The molecule has 7 heteroatoms. The number of hydrogen-bond donors (Lipinski definition) is 2. The van der Waals surface area contributed by atoms with Gasteiger partial charge in [-0.3, -0.25) is 10.8 Å². The zero-order chi connectivity index (χ0) is 10.9. The van der Waals surface area contributed by atoms with Crippen molar-refractivity contribution < 1.29 is 8.23 Å². The van der Waals surface area contributed by atoms with Crippen molar-refractivity contribution in [1.82, 2.24) is 0 Å². The highest BCUT2D eigenvalue weighted by Crippen LogP contribution is 2.12. The van der Waals surface area contributed by atoms with Crippen LogP contribution >= 0.6 is 0 Å². The van der Waals surface area contributed by atoms with Gasteiger partial charge in [-0.05, 0) is 39.3 Å². The second kappa shape index (κ2) is 3.93. The maximum Gasteiger partial charge on any atom is 0.490 e. The van der Waals surface area contributed by atoms with Crippen molar-refractivity contribution in [2.45, 2.75) is 39.3 Å². The van der Waals surface area contributed by atoms with Gasteiger partial charge in [0.05, 0.1) is 0 Å². The van der Waals surface area contributed by atoms with Crippen LogP contribution in [0.1, 0.15) is 0 Å². The number of hydrogen-bond acceptors (Lipinski definition) is 4. The molecule has 0 aliphatic heterocycles. The Hall–Kier alpha value is 0.491. The molecular formula is C6H22N2O2Si3. The molecule has 0 atom stereocenters. The fourth-order valence-electron chi connectivity index (χ4n) is 0.978. The topological polar surface area (TPSA) is 70.5 Å². The van der Waals surface area contributed by atoms with Gasteiger partial charge in [-0.1, -0.05) is 0 Å². The van der Waals surface area contributed by atoms with E-state index in [2.05, 4.69) is 39.3 Å². The number of rotatable bonds is 4. The van der Waals surface area contributed by atoms with Crippen molar-refractivity contribution in [3.8, 4) is 0 Å². The lowest BCUT2D eigenvalue weighted by atomic mass is 11.8. The van der Waals surface area contributed by atoms with E-state index in [1.165, 1.54) is 0 Å². The molecule has 0 rings (SSSR count). The van der Waals surface area contributed by atoms with E-state index in [0.717, 1.165) is 0 Å². The Bertz CT molecular complexity index is 156. The van der Waals surface area contributed by atoms with Gasteiger partial charge in [0.2, 0.25) is 0 Å². The van der Waals surface area contributed by atoms with Gasteiger partial charge in [0.1, 0.15) is 0 Å². The van der Waals surface area contributed by atoms with Gasteiger partial charge >= 0.3 is 8.88 Å². The minimum absolute atomic E-state index is 1.68.